The number of carbonyl (C=O) groups excluding carboxylic acids is 1. The van der Waals surface area contributed by atoms with Crippen LogP contribution in [0.1, 0.15) is 19.3 Å². The summed E-state index contributed by atoms with van der Waals surface area (Å²) >= 11 is 0. The molecule has 1 rings (SSSR count). The van der Waals surface area contributed by atoms with E-state index in [2.05, 4.69) is 10.6 Å². The number of nitrogens with one attached hydrogen (secondary N) is 2. The fraction of sp³-hybridized carbons (Fsp3) is 0.875. The molecular weight excluding hydrogens is 159 g/mol. The van der Waals surface area contributed by atoms with Crippen molar-refractivity contribution in [2.45, 2.75) is 25.3 Å². The van der Waals surface area contributed by atoms with E-state index in [4.69, 9.17) is 0 Å². The Hall–Kier alpha value is -0.640. The van der Waals surface area contributed by atoms with Gasteiger partial charge in [0, 0.05) is 6.54 Å². The van der Waals surface area contributed by atoms with Crippen LogP contribution in [0.25, 0.3) is 0 Å². The van der Waals surface area contributed by atoms with Crippen molar-refractivity contribution in [2.24, 2.45) is 0 Å². The van der Waals surface area contributed by atoms with Crippen molar-refractivity contribution in [3.63, 3.8) is 0 Å². The second-order valence-corrected chi connectivity index (χ2v) is 2.98. The molecule has 4 heteroatoms. The molecule has 1 atom stereocenters. The third-order valence-electron chi connectivity index (χ3n) is 1.99. The predicted molar refractivity (Wildman–Crippen MR) is 44.6 cm³/mol. The molecule has 3 nitrogen and oxygen atoms in total. The molecule has 1 amide bonds. The van der Waals surface area contributed by atoms with E-state index in [1.807, 2.05) is 0 Å². The van der Waals surface area contributed by atoms with Gasteiger partial charge in [-0.25, -0.2) is 0 Å². The first-order chi connectivity index (χ1) is 5.84. The topological polar surface area (TPSA) is 41.1 Å². The summed E-state index contributed by atoms with van der Waals surface area (Å²) in [4.78, 5) is 11.1. The molecule has 1 aliphatic heterocycles. The smallest absolute Gasteiger partial charge is 0.237 e. The van der Waals surface area contributed by atoms with E-state index in [1.165, 1.54) is 0 Å². The summed E-state index contributed by atoms with van der Waals surface area (Å²) in [6.07, 6.45) is 2.38. The van der Waals surface area contributed by atoms with Crippen molar-refractivity contribution in [3.8, 4) is 0 Å². The van der Waals surface area contributed by atoms with Crippen LogP contribution >= 0.6 is 0 Å². The van der Waals surface area contributed by atoms with Crippen LogP contribution in [0.2, 0.25) is 0 Å². The molecule has 1 aliphatic rings. The van der Waals surface area contributed by atoms with Gasteiger partial charge in [0.15, 0.2) is 0 Å². The number of amides is 1. The second kappa shape index (κ2) is 5.09. The number of alkyl halides is 1. The van der Waals surface area contributed by atoms with Crippen LogP contribution < -0.4 is 10.6 Å². The van der Waals surface area contributed by atoms with E-state index in [-0.39, 0.29) is 18.6 Å². The lowest BCUT2D eigenvalue weighted by molar-refractivity contribution is -0.124. The van der Waals surface area contributed by atoms with Gasteiger partial charge in [-0.2, -0.15) is 0 Å². The summed E-state index contributed by atoms with van der Waals surface area (Å²) in [5.41, 5.74) is 0. The summed E-state index contributed by atoms with van der Waals surface area (Å²) in [6.45, 7) is 1.05. The minimum Gasteiger partial charge on any atom is -0.355 e. The quantitative estimate of drug-likeness (QED) is 0.598. The van der Waals surface area contributed by atoms with E-state index in [0.29, 0.717) is 13.0 Å². The summed E-state index contributed by atoms with van der Waals surface area (Å²) in [5, 5.41) is 5.78. The molecule has 1 saturated heterocycles. The summed E-state index contributed by atoms with van der Waals surface area (Å²) in [6, 6.07) is -0.0923. The number of carbonyl (C=O) groups is 1. The van der Waals surface area contributed by atoms with Crippen molar-refractivity contribution in [3.05, 3.63) is 0 Å². The van der Waals surface area contributed by atoms with Gasteiger partial charge < -0.3 is 10.6 Å². The highest BCUT2D eigenvalue weighted by Gasteiger charge is 2.20. The lowest BCUT2D eigenvalue weighted by Crippen LogP contribution is -2.48. The normalized spacial score (nSPS) is 23.8. The third-order valence-corrected chi connectivity index (χ3v) is 1.99. The molecule has 1 heterocycles. The Morgan fingerprint density at radius 3 is 3.17 bits per heavy atom. The van der Waals surface area contributed by atoms with Gasteiger partial charge in [-0.1, -0.05) is 0 Å². The van der Waals surface area contributed by atoms with Gasteiger partial charge in [-0.3, -0.25) is 9.18 Å². The zero-order valence-electron chi connectivity index (χ0n) is 7.11. The average molecular weight is 174 g/mol. The monoisotopic (exact) mass is 174 g/mol. The Balaban J connectivity index is 2.16. The van der Waals surface area contributed by atoms with Crippen molar-refractivity contribution >= 4 is 5.91 Å². The first-order valence-electron chi connectivity index (χ1n) is 4.41. The molecular formula is C8H15FN2O. The first kappa shape index (κ1) is 9.45. The van der Waals surface area contributed by atoms with E-state index in [1.54, 1.807) is 0 Å². The molecule has 0 radical (unpaired) electrons. The zero-order valence-corrected chi connectivity index (χ0v) is 7.11. The van der Waals surface area contributed by atoms with Crippen molar-refractivity contribution in [2.75, 3.05) is 19.8 Å². The molecule has 0 aromatic heterocycles. The van der Waals surface area contributed by atoms with Crippen molar-refractivity contribution in [1.29, 1.82) is 0 Å². The van der Waals surface area contributed by atoms with Crippen LogP contribution in [0, 0.1) is 0 Å². The molecule has 0 aromatic carbocycles. The summed E-state index contributed by atoms with van der Waals surface area (Å²) in [5.74, 6) is 0.0557. The zero-order chi connectivity index (χ0) is 8.81. The van der Waals surface area contributed by atoms with Crippen LogP contribution in [-0.2, 0) is 4.79 Å². The van der Waals surface area contributed by atoms with Crippen LogP contribution in [0.5, 0.6) is 0 Å². The number of halogens is 1. The number of hydrogen-bond donors (Lipinski definition) is 2. The van der Waals surface area contributed by atoms with Crippen LogP contribution in [-0.4, -0.2) is 31.7 Å². The summed E-state index contributed by atoms with van der Waals surface area (Å²) < 4.78 is 11.7. The van der Waals surface area contributed by atoms with Crippen molar-refractivity contribution < 1.29 is 9.18 Å². The predicted octanol–water partition coefficient (Wildman–Crippen LogP) is 0.214. The third kappa shape index (κ3) is 2.77. The van der Waals surface area contributed by atoms with E-state index in [0.717, 1.165) is 19.4 Å². The molecule has 0 aliphatic carbocycles. The molecule has 0 aromatic rings. The van der Waals surface area contributed by atoms with Gasteiger partial charge in [0.1, 0.15) is 0 Å². The Morgan fingerprint density at radius 2 is 2.50 bits per heavy atom. The number of rotatable bonds is 4. The largest absolute Gasteiger partial charge is 0.355 e. The number of piperidine rings is 1. The lowest BCUT2D eigenvalue weighted by atomic mass is 10.1. The molecule has 12 heavy (non-hydrogen) atoms. The van der Waals surface area contributed by atoms with E-state index >= 15 is 0 Å². The Kier molecular flexibility index (Phi) is 4.00. The standard InChI is InChI=1S/C8H15FN2O/c9-4-2-6-10-7-3-1-5-11-8(7)12/h7,10H,1-6H2,(H,11,12). The van der Waals surface area contributed by atoms with E-state index < -0.39 is 0 Å². The van der Waals surface area contributed by atoms with Gasteiger partial charge in [0.05, 0.1) is 12.7 Å². The fourth-order valence-electron chi connectivity index (χ4n) is 1.31. The Labute approximate surface area is 71.7 Å². The second-order valence-electron chi connectivity index (χ2n) is 2.98. The van der Waals surface area contributed by atoms with Crippen molar-refractivity contribution in [1.82, 2.24) is 10.6 Å². The highest BCUT2D eigenvalue weighted by Crippen LogP contribution is 2.02. The molecule has 1 unspecified atom stereocenters. The highest BCUT2D eigenvalue weighted by molar-refractivity contribution is 5.82. The minimum atomic E-state index is -0.318. The molecule has 2 N–H and O–H groups in total. The molecule has 70 valence electrons. The SMILES string of the molecule is O=C1NCCCC1NCCCF. The Bertz CT molecular complexity index is 152. The van der Waals surface area contributed by atoms with Gasteiger partial charge >= 0.3 is 0 Å². The van der Waals surface area contributed by atoms with Gasteiger partial charge in [0.25, 0.3) is 0 Å². The highest BCUT2D eigenvalue weighted by atomic mass is 19.1. The van der Waals surface area contributed by atoms with Crippen LogP contribution in [0.3, 0.4) is 0 Å². The minimum absolute atomic E-state index is 0.0557. The average Bonchev–Trinajstić information content (AvgIpc) is 2.09. The van der Waals surface area contributed by atoms with Gasteiger partial charge in [-0.15, -0.1) is 0 Å². The number of hydrogen-bond acceptors (Lipinski definition) is 2. The Morgan fingerprint density at radius 1 is 1.67 bits per heavy atom. The maximum atomic E-state index is 11.7. The fourth-order valence-corrected chi connectivity index (χ4v) is 1.31. The summed E-state index contributed by atoms with van der Waals surface area (Å²) in [7, 11) is 0. The van der Waals surface area contributed by atoms with Gasteiger partial charge in [0.2, 0.25) is 5.91 Å². The van der Waals surface area contributed by atoms with Crippen LogP contribution in [0.4, 0.5) is 4.39 Å². The molecule has 0 spiro atoms. The maximum Gasteiger partial charge on any atom is 0.237 e. The van der Waals surface area contributed by atoms with E-state index in [9.17, 15) is 9.18 Å². The van der Waals surface area contributed by atoms with Gasteiger partial charge in [-0.05, 0) is 25.8 Å². The maximum absolute atomic E-state index is 11.7. The van der Waals surface area contributed by atoms with Crippen LogP contribution in [0.15, 0.2) is 0 Å². The first-order valence-corrected chi connectivity index (χ1v) is 4.41. The molecule has 0 bridgehead atoms. The lowest BCUT2D eigenvalue weighted by Gasteiger charge is -2.22. The molecule has 0 saturated carbocycles. The molecule has 1 fully saturated rings.